The van der Waals surface area contributed by atoms with Crippen molar-refractivity contribution in [1.82, 2.24) is 0 Å². The quantitative estimate of drug-likeness (QED) is 0.0261. The first-order chi connectivity index (χ1) is 36.5. The largest absolute Gasteiger partial charge is 0.462 e. The van der Waals surface area contributed by atoms with Gasteiger partial charge in [0.25, 0.3) is 0 Å². The number of rotatable bonds is 54. The van der Waals surface area contributed by atoms with Crippen molar-refractivity contribution in [3.8, 4) is 0 Å². The minimum Gasteiger partial charge on any atom is -0.462 e. The van der Waals surface area contributed by atoms with Gasteiger partial charge in [0.1, 0.15) is 13.2 Å². The van der Waals surface area contributed by atoms with Crippen LogP contribution in [0.1, 0.15) is 271 Å². The van der Waals surface area contributed by atoms with Crippen LogP contribution >= 0.6 is 0 Å². The third kappa shape index (κ3) is 58.7. The normalized spacial score (nSPS) is 13.0. The summed E-state index contributed by atoms with van der Waals surface area (Å²) in [5.41, 5.74) is 0. The van der Waals surface area contributed by atoms with Gasteiger partial charge in [-0.15, -0.1) is 0 Å². The lowest BCUT2D eigenvalue weighted by atomic mass is 10.0. The number of ether oxygens (including phenoxy) is 3. The Bertz CT molecular complexity index is 1550. The van der Waals surface area contributed by atoms with Crippen LogP contribution in [0.3, 0.4) is 0 Å². The zero-order valence-electron chi connectivity index (χ0n) is 48.1. The van der Waals surface area contributed by atoms with Crippen molar-refractivity contribution >= 4 is 17.9 Å². The lowest BCUT2D eigenvalue weighted by Crippen LogP contribution is -2.30. The molecule has 0 N–H and O–H groups in total. The highest BCUT2D eigenvalue weighted by atomic mass is 16.6. The molecule has 0 rings (SSSR count). The Labute approximate surface area is 456 Å². The molecule has 0 aliphatic heterocycles. The maximum absolute atomic E-state index is 12.8. The summed E-state index contributed by atoms with van der Waals surface area (Å²) < 4.78 is 16.8. The molecular weight excluding hydrogens is 913 g/mol. The molecule has 0 aliphatic carbocycles. The third-order valence-corrected chi connectivity index (χ3v) is 12.7. The SMILES string of the molecule is CC/C=C\C/C=C\C/C=C\C/C=C\C/C=C\CCCCCCCCCCCCCC(=O)OCC(COC(=O)CCCCCCCCCCCCCC)OC(=O)CCC/C=C\C/C=C\C/C=C\C/C=C\C/C=C\CC. The lowest BCUT2D eigenvalue weighted by molar-refractivity contribution is -0.167. The first-order valence-corrected chi connectivity index (χ1v) is 30.5. The number of carbonyl (C=O) groups is 3. The molecule has 0 saturated carbocycles. The van der Waals surface area contributed by atoms with E-state index in [4.69, 9.17) is 14.2 Å². The number of allylic oxidation sites excluding steroid dienone is 20. The average Bonchev–Trinajstić information content (AvgIpc) is 3.40. The maximum Gasteiger partial charge on any atom is 0.306 e. The Morgan fingerprint density at radius 3 is 0.865 bits per heavy atom. The van der Waals surface area contributed by atoms with Crippen LogP contribution in [0.2, 0.25) is 0 Å². The van der Waals surface area contributed by atoms with Crippen LogP contribution in [0.5, 0.6) is 0 Å². The van der Waals surface area contributed by atoms with E-state index in [9.17, 15) is 14.4 Å². The molecule has 0 spiro atoms. The van der Waals surface area contributed by atoms with E-state index in [1.165, 1.54) is 116 Å². The Kier molecular flexibility index (Phi) is 57.9. The van der Waals surface area contributed by atoms with Crippen molar-refractivity contribution < 1.29 is 28.6 Å². The maximum atomic E-state index is 12.8. The summed E-state index contributed by atoms with van der Waals surface area (Å²) in [7, 11) is 0. The van der Waals surface area contributed by atoms with E-state index in [2.05, 4.69) is 142 Å². The van der Waals surface area contributed by atoms with Gasteiger partial charge in [-0.1, -0.05) is 271 Å². The summed E-state index contributed by atoms with van der Waals surface area (Å²) >= 11 is 0. The van der Waals surface area contributed by atoms with Crippen LogP contribution in [-0.4, -0.2) is 37.2 Å². The fraction of sp³-hybridized carbons (Fsp3) is 0.662. The van der Waals surface area contributed by atoms with Crippen molar-refractivity contribution in [3.63, 3.8) is 0 Å². The van der Waals surface area contributed by atoms with Crippen LogP contribution in [0.15, 0.2) is 122 Å². The molecule has 0 aromatic heterocycles. The Morgan fingerprint density at radius 2 is 0.541 bits per heavy atom. The van der Waals surface area contributed by atoms with E-state index < -0.39 is 6.10 Å². The molecule has 0 fully saturated rings. The molecular formula is C68H112O6. The van der Waals surface area contributed by atoms with E-state index in [0.717, 1.165) is 109 Å². The highest BCUT2D eigenvalue weighted by Crippen LogP contribution is 2.15. The van der Waals surface area contributed by atoms with Crippen molar-refractivity contribution in [2.75, 3.05) is 13.2 Å². The van der Waals surface area contributed by atoms with Crippen molar-refractivity contribution in [1.29, 1.82) is 0 Å². The Balaban J connectivity index is 4.35. The topological polar surface area (TPSA) is 78.9 Å². The summed E-state index contributed by atoms with van der Waals surface area (Å²) in [6.07, 6.45) is 84.9. The molecule has 0 amide bonds. The van der Waals surface area contributed by atoms with E-state index in [1.54, 1.807) is 0 Å². The molecule has 0 heterocycles. The first-order valence-electron chi connectivity index (χ1n) is 30.5. The highest BCUT2D eigenvalue weighted by molar-refractivity contribution is 5.71. The molecule has 0 radical (unpaired) electrons. The van der Waals surface area contributed by atoms with Gasteiger partial charge in [-0.25, -0.2) is 0 Å². The molecule has 6 heteroatoms. The van der Waals surface area contributed by atoms with E-state index in [0.29, 0.717) is 19.3 Å². The zero-order valence-corrected chi connectivity index (χ0v) is 48.1. The first kappa shape index (κ1) is 69.8. The second kappa shape index (κ2) is 61.4. The summed E-state index contributed by atoms with van der Waals surface area (Å²) in [4.78, 5) is 38.2. The van der Waals surface area contributed by atoms with Gasteiger partial charge >= 0.3 is 17.9 Å². The zero-order chi connectivity index (χ0) is 53.6. The van der Waals surface area contributed by atoms with Crippen LogP contribution in [0, 0.1) is 0 Å². The van der Waals surface area contributed by atoms with E-state index >= 15 is 0 Å². The third-order valence-electron chi connectivity index (χ3n) is 12.7. The molecule has 0 aromatic rings. The summed E-state index contributed by atoms with van der Waals surface area (Å²) in [5, 5.41) is 0. The monoisotopic (exact) mass is 1020 g/mol. The molecule has 1 unspecified atom stereocenters. The van der Waals surface area contributed by atoms with Gasteiger partial charge in [0.05, 0.1) is 0 Å². The second-order valence-electron chi connectivity index (χ2n) is 19.9. The summed E-state index contributed by atoms with van der Waals surface area (Å²) in [6, 6.07) is 0. The Morgan fingerprint density at radius 1 is 0.284 bits per heavy atom. The van der Waals surface area contributed by atoms with Crippen molar-refractivity contribution in [3.05, 3.63) is 122 Å². The minimum absolute atomic E-state index is 0.101. The molecule has 0 aliphatic rings. The lowest BCUT2D eigenvalue weighted by Gasteiger charge is -2.18. The van der Waals surface area contributed by atoms with Crippen molar-refractivity contribution in [2.45, 2.75) is 277 Å². The average molecular weight is 1030 g/mol. The molecule has 1 atom stereocenters. The highest BCUT2D eigenvalue weighted by Gasteiger charge is 2.19. The molecule has 0 saturated heterocycles. The minimum atomic E-state index is -0.810. The molecule has 0 bridgehead atoms. The van der Waals surface area contributed by atoms with Gasteiger partial charge in [-0.05, 0) is 103 Å². The van der Waals surface area contributed by atoms with Gasteiger partial charge in [0.2, 0.25) is 0 Å². The summed E-state index contributed by atoms with van der Waals surface area (Å²) in [6.45, 7) is 6.37. The van der Waals surface area contributed by atoms with Crippen LogP contribution in [0.25, 0.3) is 0 Å². The molecule has 0 aromatic carbocycles. The summed E-state index contributed by atoms with van der Waals surface area (Å²) in [5.74, 6) is -0.961. The van der Waals surface area contributed by atoms with Gasteiger partial charge in [0, 0.05) is 19.3 Å². The van der Waals surface area contributed by atoms with Gasteiger partial charge in [0.15, 0.2) is 6.10 Å². The van der Waals surface area contributed by atoms with Crippen LogP contribution < -0.4 is 0 Å². The van der Waals surface area contributed by atoms with E-state index in [1.807, 2.05) is 0 Å². The van der Waals surface area contributed by atoms with E-state index in [-0.39, 0.29) is 37.5 Å². The fourth-order valence-corrected chi connectivity index (χ4v) is 8.21. The smallest absolute Gasteiger partial charge is 0.306 e. The van der Waals surface area contributed by atoms with Crippen molar-refractivity contribution in [2.24, 2.45) is 0 Å². The van der Waals surface area contributed by atoms with Crippen LogP contribution in [0.4, 0.5) is 0 Å². The van der Waals surface area contributed by atoms with Gasteiger partial charge < -0.3 is 14.2 Å². The molecule has 420 valence electrons. The van der Waals surface area contributed by atoms with Gasteiger partial charge in [-0.3, -0.25) is 14.4 Å². The predicted octanol–water partition coefficient (Wildman–Crippen LogP) is 20.8. The molecule has 6 nitrogen and oxygen atoms in total. The molecule has 74 heavy (non-hydrogen) atoms. The number of esters is 3. The van der Waals surface area contributed by atoms with Crippen LogP contribution in [-0.2, 0) is 28.6 Å². The number of hydrogen-bond acceptors (Lipinski definition) is 6. The Hall–Kier alpha value is -4.19. The number of hydrogen-bond donors (Lipinski definition) is 0. The van der Waals surface area contributed by atoms with Gasteiger partial charge in [-0.2, -0.15) is 0 Å². The standard InChI is InChI=1S/C68H112O6/c1-4-7-10-13-16-19-22-25-27-29-30-31-32-33-34-35-36-37-38-40-41-43-46-49-52-55-58-61-67(70)73-64-65(63-72-66(69)60-57-54-51-48-45-24-21-18-15-12-9-6-3)74-68(71)62-59-56-53-50-47-44-42-39-28-26-23-20-17-14-11-8-5-2/h7-8,10-11,16-17,19-20,25-28,30-31,33-34,42,44,50,53,65H,4-6,9,12-15,18,21-24,29,32,35-41,43,45-49,51-52,54-64H2,1-3H3/b10-7-,11-8-,19-16-,20-17-,27-25-,28-26-,31-30-,34-33-,44-42-,53-50-. The fourth-order valence-electron chi connectivity index (χ4n) is 8.21. The number of unbranched alkanes of at least 4 members (excludes halogenated alkanes) is 23. The predicted molar refractivity (Wildman–Crippen MR) is 320 cm³/mol. The number of carbonyl (C=O) groups excluding carboxylic acids is 3. The second-order valence-corrected chi connectivity index (χ2v) is 19.9.